The summed E-state index contributed by atoms with van der Waals surface area (Å²) >= 11 is 0. The highest BCUT2D eigenvalue weighted by molar-refractivity contribution is 6.20. The highest BCUT2D eigenvalue weighted by Gasteiger charge is 2.28. The number of nitrogens with zero attached hydrogens (tertiary/aromatic N) is 3. The Bertz CT molecular complexity index is 1200. The van der Waals surface area contributed by atoms with Crippen LogP contribution in [0, 0.1) is 11.3 Å². The number of benzodiazepines with no additional fused rings is 1. The fraction of sp³-hybridized carbons (Fsp3) is 0.160. The van der Waals surface area contributed by atoms with Gasteiger partial charge in [0, 0.05) is 17.2 Å². The number of hydrogen-bond acceptors (Lipinski definition) is 5. The molecule has 0 N–H and O–H groups in total. The molecule has 0 spiro atoms. The minimum absolute atomic E-state index is 0.0265. The third-order valence-electron chi connectivity index (χ3n) is 5.21. The Morgan fingerprint density at radius 3 is 2.35 bits per heavy atom. The summed E-state index contributed by atoms with van der Waals surface area (Å²) in [5.41, 5.74) is 4.12. The number of amides is 1. The zero-order valence-electron chi connectivity index (χ0n) is 17.3. The second-order valence-electron chi connectivity index (χ2n) is 7.01. The zero-order chi connectivity index (χ0) is 21.8. The molecule has 3 aromatic carbocycles. The van der Waals surface area contributed by atoms with Crippen molar-refractivity contribution in [3.63, 3.8) is 0 Å². The molecular formula is C25H21N3O3. The first-order valence-electron chi connectivity index (χ1n) is 9.81. The molecular weight excluding hydrogens is 390 g/mol. The highest BCUT2D eigenvalue weighted by Crippen LogP contribution is 2.38. The topological polar surface area (TPSA) is 74.9 Å². The zero-order valence-corrected chi connectivity index (χ0v) is 17.3. The van der Waals surface area contributed by atoms with Gasteiger partial charge in [0.15, 0.2) is 11.5 Å². The van der Waals surface area contributed by atoms with Crippen LogP contribution in [0.25, 0.3) is 0 Å². The third-order valence-corrected chi connectivity index (χ3v) is 5.21. The number of hydrogen-bond donors (Lipinski definition) is 0. The van der Waals surface area contributed by atoms with E-state index in [9.17, 15) is 10.1 Å². The predicted molar refractivity (Wildman–Crippen MR) is 119 cm³/mol. The predicted octanol–water partition coefficient (Wildman–Crippen LogP) is 3.96. The van der Waals surface area contributed by atoms with Gasteiger partial charge in [-0.2, -0.15) is 5.26 Å². The lowest BCUT2D eigenvalue weighted by atomic mass is 9.96. The van der Waals surface area contributed by atoms with Crippen LogP contribution in [0.1, 0.15) is 22.3 Å². The van der Waals surface area contributed by atoms with E-state index >= 15 is 0 Å². The van der Waals surface area contributed by atoms with Crippen LogP contribution in [0.2, 0.25) is 0 Å². The monoisotopic (exact) mass is 411 g/mol. The quantitative estimate of drug-likeness (QED) is 0.637. The molecule has 0 aliphatic carbocycles. The molecule has 0 atom stereocenters. The molecule has 1 amide bonds. The van der Waals surface area contributed by atoms with Crippen molar-refractivity contribution in [2.45, 2.75) is 6.54 Å². The molecule has 1 aliphatic rings. The molecule has 154 valence electrons. The van der Waals surface area contributed by atoms with Crippen LogP contribution in [0.3, 0.4) is 0 Å². The molecule has 0 unspecified atom stereocenters. The largest absolute Gasteiger partial charge is 0.493 e. The van der Waals surface area contributed by atoms with Crippen LogP contribution < -0.4 is 14.4 Å². The Morgan fingerprint density at radius 1 is 0.968 bits per heavy atom. The molecule has 0 fully saturated rings. The van der Waals surface area contributed by atoms with E-state index in [0.717, 1.165) is 5.56 Å². The van der Waals surface area contributed by atoms with E-state index in [1.807, 2.05) is 54.6 Å². The summed E-state index contributed by atoms with van der Waals surface area (Å²) in [5.74, 6) is 0.904. The van der Waals surface area contributed by atoms with Gasteiger partial charge in [0.25, 0.3) is 0 Å². The fourth-order valence-corrected chi connectivity index (χ4v) is 3.69. The van der Waals surface area contributed by atoms with E-state index in [4.69, 9.17) is 9.47 Å². The van der Waals surface area contributed by atoms with Gasteiger partial charge in [-0.05, 0) is 17.7 Å². The summed E-state index contributed by atoms with van der Waals surface area (Å²) < 4.78 is 11.0. The van der Waals surface area contributed by atoms with Crippen molar-refractivity contribution in [3.8, 4) is 17.6 Å². The number of carbonyl (C=O) groups excluding carboxylic acids is 1. The average Bonchev–Trinajstić information content (AvgIpc) is 2.95. The molecule has 1 heterocycles. The molecule has 0 saturated heterocycles. The van der Waals surface area contributed by atoms with Crippen LogP contribution in [-0.4, -0.2) is 32.4 Å². The first-order valence-corrected chi connectivity index (χ1v) is 9.81. The first-order chi connectivity index (χ1) is 15.2. The lowest BCUT2D eigenvalue weighted by molar-refractivity contribution is -0.117. The van der Waals surface area contributed by atoms with Gasteiger partial charge in [-0.1, -0.05) is 48.5 Å². The summed E-state index contributed by atoms with van der Waals surface area (Å²) in [7, 11) is 3.12. The Hall–Kier alpha value is -4.11. The van der Waals surface area contributed by atoms with Crippen LogP contribution in [0.5, 0.6) is 11.5 Å². The molecule has 0 aromatic heterocycles. The number of methoxy groups -OCH3 is 2. The van der Waals surface area contributed by atoms with Gasteiger partial charge in [-0.3, -0.25) is 9.79 Å². The Kier molecular flexibility index (Phi) is 5.67. The molecule has 3 aromatic rings. The summed E-state index contributed by atoms with van der Waals surface area (Å²) in [6.45, 7) is 0.367. The SMILES string of the molecule is COc1cc2c(cc1OC)N(Cc1ccccc1)C(=O)CN=C2c1ccccc1C#N. The maximum atomic E-state index is 13.1. The van der Waals surface area contributed by atoms with Crippen molar-refractivity contribution in [1.82, 2.24) is 0 Å². The Morgan fingerprint density at radius 2 is 1.65 bits per heavy atom. The third kappa shape index (κ3) is 3.86. The molecule has 31 heavy (non-hydrogen) atoms. The first kappa shape index (κ1) is 20.2. The second kappa shape index (κ2) is 8.72. The van der Waals surface area contributed by atoms with Crippen LogP contribution in [-0.2, 0) is 11.3 Å². The second-order valence-corrected chi connectivity index (χ2v) is 7.01. The Balaban J connectivity index is 1.93. The normalized spacial score (nSPS) is 13.0. The number of fused-ring (bicyclic) bond motifs is 1. The van der Waals surface area contributed by atoms with E-state index in [1.54, 1.807) is 31.3 Å². The van der Waals surface area contributed by atoms with Gasteiger partial charge < -0.3 is 14.4 Å². The fourth-order valence-electron chi connectivity index (χ4n) is 3.69. The van der Waals surface area contributed by atoms with E-state index in [0.29, 0.717) is 46.1 Å². The minimum Gasteiger partial charge on any atom is -0.493 e. The maximum Gasteiger partial charge on any atom is 0.248 e. The van der Waals surface area contributed by atoms with Gasteiger partial charge in [-0.25, -0.2) is 0 Å². The van der Waals surface area contributed by atoms with Crippen LogP contribution >= 0.6 is 0 Å². The number of benzene rings is 3. The van der Waals surface area contributed by atoms with Crippen molar-refractivity contribution in [1.29, 1.82) is 5.26 Å². The lowest BCUT2D eigenvalue weighted by Gasteiger charge is -2.25. The maximum absolute atomic E-state index is 13.1. The summed E-state index contributed by atoms with van der Waals surface area (Å²) in [6.07, 6.45) is 0. The van der Waals surface area contributed by atoms with Gasteiger partial charge >= 0.3 is 0 Å². The van der Waals surface area contributed by atoms with Crippen LogP contribution in [0.15, 0.2) is 71.7 Å². The number of aliphatic imine (C=N–C) groups is 1. The van der Waals surface area contributed by atoms with Crippen molar-refractivity contribution >= 4 is 17.3 Å². The molecule has 4 rings (SSSR count). The molecule has 6 nitrogen and oxygen atoms in total. The standard InChI is InChI=1S/C25H21N3O3/c1-30-22-12-20-21(13-23(22)31-2)28(16-17-8-4-3-5-9-17)24(29)15-27-25(20)19-11-7-6-10-18(19)14-26/h3-13H,15-16H2,1-2H3. The Labute approximate surface area is 181 Å². The van der Waals surface area contributed by atoms with Crippen molar-refractivity contribution in [2.75, 3.05) is 25.7 Å². The van der Waals surface area contributed by atoms with Crippen molar-refractivity contribution < 1.29 is 14.3 Å². The number of ether oxygens (including phenoxy) is 2. The number of anilines is 1. The van der Waals surface area contributed by atoms with Gasteiger partial charge in [0.2, 0.25) is 5.91 Å². The summed E-state index contributed by atoms with van der Waals surface area (Å²) in [6, 6.07) is 22.9. The highest BCUT2D eigenvalue weighted by atomic mass is 16.5. The summed E-state index contributed by atoms with van der Waals surface area (Å²) in [5, 5.41) is 9.62. The van der Waals surface area contributed by atoms with E-state index in [-0.39, 0.29) is 12.5 Å². The average molecular weight is 411 g/mol. The van der Waals surface area contributed by atoms with Gasteiger partial charge in [0.1, 0.15) is 6.54 Å². The van der Waals surface area contributed by atoms with Crippen molar-refractivity contribution in [3.05, 3.63) is 89.0 Å². The lowest BCUT2D eigenvalue weighted by Crippen LogP contribution is -2.32. The summed E-state index contributed by atoms with van der Waals surface area (Å²) in [4.78, 5) is 19.5. The number of carbonyl (C=O) groups is 1. The van der Waals surface area contributed by atoms with Crippen molar-refractivity contribution in [2.24, 2.45) is 4.99 Å². The van der Waals surface area contributed by atoms with Gasteiger partial charge in [-0.15, -0.1) is 0 Å². The number of rotatable bonds is 5. The molecule has 1 aliphatic heterocycles. The molecule has 6 heteroatoms. The molecule has 0 saturated carbocycles. The van der Waals surface area contributed by atoms with E-state index in [1.165, 1.54) is 0 Å². The smallest absolute Gasteiger partial charge is 0.248 e. The molecule has 0 radical (unpaired) electrons. The minimum atomic E-state index is -0.137. The number of nitriles is 1. The van der Waals surface area contributed by atoms with Crippen LogP contribution in [0.4, 0.5) is 5.69 Å². The van der Waals surface area contributed by atoms with Gasteiger partial charge in [0.05, 0.1) is 43.8 Å². The molecule has 0 bridgehead atoms. The van der Waals surface area contributed by atoms with E-state index < -0.39 is 0 Å². The van der Waals surface area contributed by atoms with E-state index in [2.05, 4.69) is 11.1 Å².